The Morgan fingerprint density at radius 3 is 3.00 bits per heavy atom. The number of hydrogen-bond donors (Lipinski definition) is 2. The highest BCUT2D eigenvalue weighted by Crippen LogP contribution is 2.23. The number of thiazole rings is 1. The number of aromatic nitrogens is 2. The first kappa shape index (κ1) is 12.1. The van der Waals surface area contributed by atoms with Crippen molar-refractivity contribution in [1.82, 2.24) is 9.97 Å². The zero-order valence-corrected chi connectivity index (χ0v) is 10.9. The molecule has 4 nitrogen and oxygen atoms in total. The molecule has 0 radical (unpaired) electrons. The first-order valence-corrected chi connectivity index (χ1v) is 6.47. The van der Waals surface area contributed by atoms with Gasteiger partial charge in [-0.3, -0.25) is 0 Å². The Kier molecular flexibility index (Phi) is 3.81. The highest BCUT2D eigenvalue weighted by atomic mass is 35.5. The minimum atomic E-state index is 0.324. The first-order valence-electron chi connectivity index (χ1n) is 5.21. The van der Waals surface area contributed by atoms with Crippen molar-refractivity contribution in [3.8, 4) is 0 Å². The molecule has 6 heteroatoms. The maximum Gasteiger partial charge on any atom is 0.144 e. The molecule has 0 aliphatic heterocycles. The van der Waals surface area contributed by atoms with Gasteiger partial charge in [0.15, 0.2) is 0 Å². The highest BCUT2D eigenvalue weighted by Gasteiger charge is 2.09. The first-order chi connectivity index (χ1) is 8.16. The Morgan fingerprint density at radius 2 is 2.35 bits per heavy atom. The summed E-state index contributed by atoms with van der Waals surface area (Å²) in [5.74, 6) is 0.981. The SMILES string of the molecule is CC(CNc1ncc(N)cc1Cl)c1nccs1. The fourth-order valence-electron chi connectivity index (χ4n) is 1.40. The fourth-order valence-corrected chi connectivity index (χ4v) is 2.34. The molecule has 0 amide bonds. The summed E-state index contributed by atoms with van der Waals surface area (Å²) in [6.45, 7) is 2.85. The Balaban J connectivity index is 1.98. The Hall–Kier alpha value is -1.33. The van der Waals surface area contributed by atoms with Crippen molar-refractivity contribution in [3.63, 3.8) is 0 Å². The topological polar surface area (TPSA) is 63.8 Å². The van der Waals surface area contributed by atoms with Gasteiger partial charge in [0, 0.05) is 24.0 Å². The average molecular weight is 269 g/mol. The van der Waals surface area contributed by atoms with E-state index < -0.39 is 0 Å². The molecule has 2 aromatic heterocycles. The van der Waals surface area contributed by atoms with E-state index >= 15 is 0 Å². The molecule has 17 heavy (non-hydrogen) atoms. The smallest absolute Gasteiger partial charge is 0.144 e. The van der Waals surface area contributed by atoms with E-state index in [0.29, 0.717) is 22.4 Å². The van der Waals surface area contributed by atoms with Crippen molar-refractivity contribution < 1.29 is 0 Å². The van der Waals surface area contributed by atoms with Crippen LogP contribution in [0.15, 0.2) is 23.8 Å². The Bertz CT molecular complexity index is 486. The standard InChI is InChI=1S/C11H13ClN4S/c1-7(11-14-2-3-17-11)5-15-10-9(12)4-8(13)6-16-10/h2-4,6-7H,5,13H2,1H3,(H,15,16). The molecule has 0 aliphatic carbocycles. The molecule has 2 heterocycles. The van der Waals surface area contributed by atoms with Crippen LogP contribution in [0.25, 0.3) is 0 Å². The lowest BCUT2D eigenvalue weighted by Gasteiger charge is -2.11. The summed E-state index contributed by atoms with van der Waals surface area (Å²) in [4.78, 5) is 8.42. The van der Waals surface area contributed by atoms with Crippen molar-refractivity contribution in [2.24, 2.45) is 0 Å². The molecule has 1 unspecified atom stereocenters. The molecule has 2 aromatic rings. The highest BCUT2D eigenvalue weighted by molar-refractivity contribution is 7.09. The number of rotatable bonds is 4. The molecule has 0 spiro atoms. The van der Waals surface area contributed by atoms with E-state index in [1.807, 2.05) is 11.6 Å². The molecular formula is C11H13ClN4S. The second-order valence-corrected chi connectivity index (χ2v) is 5.08. The Labute approximate surface area is 109 Å². The summed E-state index contributed by atoms with van der Waals surface area (Å²) in [6, 6.07) is 1.69. The van der Waals surface area contributed by atoms with Crippen molar-refractivity contribution in [2.45, 2.75) is 12.8 Å². The van der Waals surface area contributed by atoms with E-state index in [9.17, 15) is 0 Å². The molecule has 0 fully saturated rings. The van der Waals surface area contributed by atoms with Crippen LogP contribution in [0.4, 0.5) is 11.5 Å². The second-order valence-electron chi connectivity index (χ2n) is 3.75. The summed E-state index contributed by atoms with van der Waals surface area (Å²) in [7, 11) is 0. The van der Waals surface area contributed by atoms with E-state index in [0.717, 1.165) is 11.6 Å². The van der Waals surface area contributed by atoms with Gasteiger partial charge in [-0.2, -0.15) is 0 Å². The van der Waals surface area contributed by atoms with Crippen LogP contribution in [0.5, 0.6) is 0 Å². The lowest BCUT2D eigenvalue weighted by atomic mass is 10.2. The predicted molar refractivity (Wildman–Crippen MR) is 72.7 cm³/mol. The summed E-state index contributed by atoms with van der Waals surface area (Å²) >= 11 is 7.67. The van der Waals surface area contributed by atoms with Crippen molar-refractivity contribution in [3.05, 3.63) is 33.9 Å². The number of pyridine rings is 1. The van der Waals surface area contributed by atoms with Gasteiger partial charge in [0.2, 0.25) is 0 Å². The quantitative estimate of drug-likeness (QED) is 0.895. The normalized spacial score (nSPS) is 12.4. The summed E-state index contributed by atoms with van der Waals surface area (Å²) in [6.07, 6.45) is 3.40. The van der Waals surface area contributed by atoms with Crippen LogP contribution >= 0.6 is 22.9 Å². The van der Waals surface area contributed by atoms with Crippen LogP contribution in [-0.4, -0.2) is 16.5 Å². The second kappa shape index (κ2) is 5.33. The fraction of sp³-hybridized carbons (Fsp3) is 0.273. The van der Waals surface area contributed by atoms with Gasteiger partial charge < -0.3 is 11.1 Å². The van der Waals surface area contributed by atoms with Crippen molar-refractivity contribution in [2.75, 3.05) is 17.6 Å². The molecule has 0 bridgehead atoms. The third-order valence-electron chi connectivity index (χ3n) is 2.31. The van der Waals surface area contributed by atoms with Gasteiger partial charge in [0.25, 0.3) is 0 Å². The van der Waals surface area contributed by atoms with Gasteiger partial charge in [0.1, 0.15) is 5.82 Å². The minimum Gasteiger partial charge on any atom is -0.397 e. The predicted octanol–water partition coefficient (Wildman–Crippen LogP) is 2.99. The molecule has 0 saturated heterocycles. The molecule has 90 valence electrons. The number of nitrogens with two attached hydrogens (primary N) is 1. The number of anilines is 2. The zero-order chi connectivity index (χ0) is 12.3. The van der Waals surface area contributed by atoms with Crippen LogP contribution in [0.3, 0.4) is 0 Å². The van der Waals surface area contributed by atoms with E-state index in [4.69, 9.17) is 17.3 Å². The van der Waals surface area contributed by atoms with Gasteiger partial charge in [-0.05, 0) is 6.07 Å². The summed E-state index contributed by atoms with van der Waals surface area (Å²) in [5, 5.41) is 6.81. The molecule has 0 aromatic carbocycles. The van der Waals surface area contributed by atoms with E-state index in [1.54, 1.807) is 23.6 Å². The number of nitrogens with one attached hydrogen (secondary N) is 1. The lowest BCUT2D eigenvalue weighted by molar-refractivity contribution is 0.792. The number of hydrogen-bond acceptors (Lipinski definition) is 5. The van der Waals surface area contributed by atoms with E-state index in [-0.39, 0.29) is 0 Å². The molecule has 0 aliphatic rings. The van der Waals surface area contributed by atoms with Crippen LogP contribution < -0.4 is 11.1 Å². The van der Waals surface area contributed by atoms with Gasteiger partial charge in [-0.1, -0.05) is 18.5 Å². The molecular weight excluding hydrogens is 256 g/mol. The Morgan fingerprint density at radius 1 is 1.53 bits per heavy atom. The molecule has 3 N–H and O–H groups in total. The van der Waals surface area contributed by atoms with Gasteiger partial charge in [-0.25, -0.2) is 9.97 Å². The van der Waals surface area contributed by atoms with Crippen LogP contribution in [0.1, 0.15) is 17.8 Å². The van der Waals surface area contributed by atoms with Crippen LogP contribution in [0, 0.1) is 0 Å². The van der Waals surface area contributed by atoms with E-state index in [2.05, 4.69) is 22.2 Å². The average Bonchev–Trinajstić information content (AvgIpc) is 2.81. The monoisotopic (exact) mass is 268 g/mol. The van der Waals surface area contributed by atoms with Crippen LogP contribution in [0.2, 0.25) is 5.02 Å². The number of halogens is 1. The maximum atomic E-state index is 6.02. The molecule has 1 atom stereocenters. The number of nitrogen functional groups attached to an aromatic ring is 1. The third-order valence-corrected chi connectivity index (χ3v) is 3.61. The van der Waals surface area contributed by atoms with Gasteiger partial charge in [-0.15, -0.1) is 11.3 Å². The summed E-state index contributed by atoms with van der Waals surface area (Å²) in [5.41, 5.74) is 6.14. The van der Waals surface area contributed by atoms with Crippen LogP contribution in [-0.2, 0) is 0 Å². The van der Waals surface area contributed by atoms with Crippen molar-refractivity contribution >= 4 is 34.4 Å². The minimum absolute atomic E-state index is 0.324. The third kappa shape index (κ3) is 3.08. The zero-order valence-electron chi connectivity index (χ0n) is 9.35. The van der Waals surface area contributed by atoms with Gasteiger partial charge in [0.05, 0.1) is 21.9 Å². The molecule has 0 saturated carbocycles. The lowest BCUT2D eigenvalue weighted by Crippen LogP contribution is -2.11. The maximum absolute atomic E-state index is 6.02. The van der Waals surface area contributed by atoms with Gasteiger partial charge >= 0.3 is 0 Å². The molecule has 2 rings (SSSR count). The van der Waals surface area contributed by atoms with Crippen molar-refractivity contribution in [1.29, 1.82) is 0 Å². The van der Waals surface area contributed by atoms with E-state index in [1.165, 1.54) is 0 Å². The summed E-state index contributed by atoms with van der Waals surface area (Å²) < 4.78 is 0. The largest absolute Gasteiger partial charge is 0.397 e. The number of nitrogens with zero attached hydrogens (tertiary/aromatic N) is 2.